The highest BCUT2D eigenvalue weighted by atomic mass is 15.2. The summed E-state index contributed by atoms with van der Waals surface area (Å²) in [6.07, 6.45) is 1.84. The molecule has 0 bridgehead atoms. The Bertz CT molecular complexity index is 551. The topological polar surface area (TPSA) is 42.2 Å². The van der Waals surface area contributed by atoms with Crippen LogP contribution < -0.4 is 5.73 Å². The van der Waals surface area contributed by atoms with E-state index in [0.29, 0.717) is 0 Å². The lowest BCUT2D eigenvalue weighted by molar-refractivity contribution is 0.175. The Hall–Kier alpha value is -1.71. The minimum atomic E-state index is 0.0652. The van der Waals surface area contributed by atoms with Gasteiger partial charge in [-0.3, -0.25) is 9.88 Å². The van der Waals surface area contributed by atoms with Crippen LogP contribution in [0.2, 0.25) is 0 Å². The summed E-state index contributed by atoms with van der Waals surface area (Å²) < 4.78 is 0. The Morgan fingerprint density at radius 3 is 2.57 bits per heavy atom. The lowest BCUT2D eigenvalue weighted by Crippen LogP contribution is -2.39. The van der Waals surface area contributed by atoms with Gasteiger partial charge < -0.3 is 5.73 Å². The smallest absolute Gasteiger partial charge is 0.0544 e. The van der Waals surface area contributed by atoms with Crippen molar-refractivity contribution in [2.75, 3.05) is 6.54 Å². The van der Waals surface area contributed by atoms with Crippen molar-refractivity contribution < 1.29 is 0 Å². The van der Waals surface area contributed by atoms with Crippen LogP contribution in [0.25, 0.3) is 0 Å². The van der Waals surface area contributed by atoms with Crippen LogP contribution in [0.3, 0.4) is 0 Å². The van der Waals surface area contributed by atoms with Gasteiger partial charge in [0.1, 0.15) is 0 Å². The van der Waals surface area contributed by atoms with Crippen molar-refractivity contribution in [1.29, 1.82) is 0 Å². The highest BCUT2D eigenvalue weighted by molar-refractivity contribution is 5.26. The molecule has 2 rings (SSSR count). The molecule has 0 saturated carbocycles. The van der Waals surface area contributed by atoms with Crippen LogP contribution in [0.15, 0.2) is 48.7 Å². The largest absolute Gasteiger partial charge is 0.326 e. The minimum Gasteiger partial charge on any atom is -0.326 e. The first-order chi connectivity index (χ1) is 10.1. The lowest BCUT2D eigenvalue weighted by atomic mass is 9.97. The summed E-state index contributed by atoms with van der Waals surface area (Å²) in [5, 5.41) is 0. The van der Waals surface area contributed by atoms with Crippen molar-refractivity contribution in [2.24, 2.45) is 5.73 Å². The second kappa shape index (κ2) is 7.34. The van der Waals surface area contributed by atoms with Crippen LogP contribution in [0.5, 0.6) is 0 Å². The molecule has 0 spiro atoms. The first-order valence-corrected chi connectivity index (χ1v) is 7.58. The minimum absolute atomic E-state index is 0.0652. The van der Waals surface area contributed by atoms with Crippen LogP contribution in [0.4, 0.5) is 0 Å². The fourth-order valence-corrected chi connectivity index (χ4v) is 2.81. The molecule has 0 fully saturated rings. The number of hydrogen-bond acceptors (Lipinski definition) is 3. The molecule has 3 heteroatoms. The zero-order chi connectivity index (χ0) is 15.2. The molecule has 0 saturated heterocycles. The number of likely N-dealkylation sites (N-methyl/N-ethyl adjacent to an activating group) is 1. The maximum atomic E-state index is 6.29. The average Bonchev–Trinajstić information content (AvgIpc) is 2.47. The fourth-order valence-electron chi connectivity index (χ4n) is 2.81. The van der Waals surface area contributed by atoms with Crippen molar-refractivity contribution in [3.05, 3.63) is 65.5 Å². The molecule has 1 heterocycles. The number of nitrogens with two attached hydrogens (primary N) is 1. The number of nitrogens with zero attached hydrogens (tertiary/aromatic N) is 2. The molecular weight excluding hydrogens is 258 g/mol. The summed E-state index contributed by atoms with van der Waals surface area (Å²) in [5.74, 6) is 0. The Kier molecular flexibility index (Phi) is 5.48. The van der Waals surface area contributed by atoms with E-state index in [2.05, 4.69) is 61.0 Å². The molecular formula is C18H25N3. The molecule has 2 unspecified atom stereocenters. The van der Waals surface area contributed by atoms with Crippen LogP contribution >= 0.6 is 0 Å². The van der Waals surface area contributed by atoms with E-state index in [1.807, 2.05) is 18.3 Å². The molecule has 2 N–H and O–H groups in total. The van der Waals surface area contributed by atoms with Crippen LogP contribution in [-0.2, 0) is 6.54 Å². The standard InChI is InChI=1S/C18H25N3/c1-4-21(13-17-10-5-6-11-20-17)18(15(3)19)16-9-7-8-14(2)12-16/h5-12,15,18H,4,13,19H2,1-3H3. The number of benzene rings is 1. The Morgan fingerprint density at radius 1 is 1.19 bits per heavy atom. The van der Waals surface area contributed by atoms with Crippen molar-refractivity contribution in [3.8, 4) is 0 Å². The summed E-state index contributed by atoms with van der Waals surface area (Å²) in [5.41, 5.74) is 9.92. The third-order valence-electron chi connectivity index (χ3n) is 3.77. The molecule has 0 aliphatic rings. The monoisotopic (exact) mass is 283 g/mol. The van der Waals surface area contributed by atoms with Crippen LogP contribution in [0, 0.1) is 6.92 Å². The van der Waals surface area contributed by atoms with E-state index in [1.165, 1.54) is 11.1 Å². The van der Waals surface area contributed by atoms with E-state index in [-0.39, 0.29) is 12.1 Å². The quantitative estimate of drug-likeness (QED) is 0.884. The van der Waals surface area contributed by atoms with Gasteiger partial charge in [0.15, 0.2) is 0 Å². The number of aryl methyl sites for hydroxylation is 1. The SMILES string of the molecule is CCN(Cc1ccccn1)C(c1cccc(C)c1)C(C)N. The van der Waals surface area contributed by atoms with Gasteiger partial charge in [-0.1, -0.05) is 42.8 Å². The Morgan fingerprint density at radius 2 is 2.00 bits per heavy atom. The van der Waals surface area contributed by atoms with E-state index in [0.717, 1.165) is 18.8 Å². The maximum absolute atomic E-state index is 6.29. The third kappa shape index (κ3) is 4.13. The molecule has 0 aliphatic heterocycles. The molecule has 0 radical (unpaired) electrons. The molecule has 2 atom stereocenters. The molecule has 1 aromatic heterocycles. The van der Waals surface area contributed by atoms with Gasteiger partial charge in [-0.2, -0.15) is 0 Å². The highest BCUT2D eigenvalue weighted by Gasteiger charge is 2.23. The van der Waals surface area contributed by atoms with Crippen molar-refractivity contribution in [3.63, 3.8) is 0 Å². The van der Waals surface area contributed by atoms with E-state index in [1.54, 1.807) is 0 Å². The van der Waals surface area contributed by atoms with Gasteiger partial charge in [0, 0.05) is 18.8 Å². The van der Waals surface area contributed by atoms with Gasteiger partial charge in [0.2, 0.25) is 0 Å². The summed E-state index contributed by atoms with van der Waals surface area (Å²) in [6, 6.07) is 14.9. The molecule has 21 heavy (non-hydrogen) atoms. The summed E-state index contributed by atoms with van der Waals surface area (Å²) in [6.45, 7) is 8.13. The number of pyridine rings is 1. The van der Waals surface area contributed by atoms with Crippen molar-refractivity contribution in [1.82, 2.24) is 9.88 Å². The van der Waals surface area contributed by atoms with Gasteiger partial charge in [-0.05, 0) is 38.1 Å². The normalized spacial score (nSPS) is 14.1. The van der Waals surface area contributed by atoms with Gasteiger partial charge in [0.25, 0.3) is 0 Å². The predicted molar refractivity (Wildman–Crippen MR) is 87.9 cm³/mol. The maximum Gasteiger partial charge on any atom is 0.0544 e. The predicted octanol–water partition coefficient (Wildman–Crippen LogP) is 3.30. The van der Waals surface area contributed by atoms with Crippen LogP contribution in [0.1, 0.15) is 36.7 Å². The first-order valence-electron chi connectivity index (χ1n) is 7.58. The molecule has 112 valence electrons. The fraction of sp³-hybridized carbons (Fsp3) is 0.389. The molecule has 0 aliphatic carbocycles. The van der Waals surface area contributed by atoms with Gasteiger partial charge in [-0.15, -0.1) is 0 Å². The number of rotatable bonds is 6. The number of hydrogen-bond donors (Lipinski definition) is 1. The molecule has 2 aromatic rings. The Labute approximate surface area is 127 Å². The third-order valence-corrected chi connectivity index (χ3v) is 3.77. The average molecular weight is 283 g/mol. The van der Waals surface area contributed by atoms with Crippen molar-refractivity contribution >= 4 is 0 Å². The van der Waals surface area contributed by atoms with Crippen molar-refractivity contribution in [2.45, 2.75) is 39.4 Å². The first kappa shape index (κ1) is 15.7. The molecule has 3 nitrogen and oxygen atoms in total. The van der Waals surface area contributed by atoms with Gasteiger partial charge in [-0.25, -0.2) is 0 Å². The second-order valence-corrected chi connectivity index (χ2v) is 5.60. The van der Waals surface area contributed by atoms with Gasteiger partial charge >= 0.3 is 0 Å². The molecule has 1 aromatic carbocycles. The van der Waals surface area contributed by atoms with E-state index < -0.39 is 0 Å². The van der Waals surface area contributed by atoms with E-state index in [9.17, 15) is 0 Å². The lowest BCUT2D eigenvalue weighted by Gasteiger charge is -2.33. The van der Waals surface area contributed by atoms with E-state index in [4.69, 9.17) is 5.73 Å². The summed E-state index contributed by atoms with van der Waals surface area (Å²) in [4.78, 5) is 6.83. The second-order valence-electron chi connectivity index (χ2n) is 5.60. The van der Waals surface area contributed by atoms with E-state index >= 15 is 0 Å². The highest BCUT2D eigenvalue weighted by Crippen LogP contribution is 2.25. The zero-order valence-corrected chi connectivity index (χ0v) is 13.2. The Balaban J connectivity index is 2.26. The zero-order valence-electron chi connectivity index (χ0n) is 13.2. The van der Waals surface area contributed by atoms with Crippen LogP contribution in [-0.4, -0.2) is 22.5 Å². The number of aromatic nitrogens is 1. The molecule has 0 amide bonds. The summed E-state index contributed by atoms with van der Waals surface area (Å²) >= 11 is 0. The summed E-state index contributed by atoms with van der Waals surface area (Å²) in [7, 11) is 0. The van der Waals surface area contributed by atoms with Gasteiger partial charge in [0.05, 0.1) is 11.7 Å².